The summed E-state index contributed by atoms with van der Waals surface area (Å²) in [5.74, 6) is -0.387. The fraction of sp³-hybridized carbons (Fsp3) is 0.550. The molecule has 1 saturated carbocycles. The van der Waals surface area contributed by atoms with Gasteiger partial charge in [0.15, 0.2) is 0 Å². The van der Waals surface area contributed by atoms with E-state index in [9.17, 15) is 19.5 Å². The number of phenolic OH excluding ortho intramolecular Hbond substituents is 1. The molecule has 1 aromatic carbocycles. The van der Waals surface area contributed by atoms with Crippen molar-refractivity contribution in [1.29, 1.82) is 0 Å². The van der Waals surface area contributed by atoms with Gasteiger partial charge in [-0.05, 0) is 42.9 Å². The zero-order valence-electron chi connectivity index (χ0n) is 14.7. The molecule has 0 spiro atoms. The zero-order chi connectivity index (χ0) is 18.3. The van der Waals surface area contributed by atoms with Gasteiger partial charge in [0.2, 0.25) is 17.7 Å². The minimum absolute atomic E-state index is 0.0432. The molecule has 1 aromatic rings. The van der Waals surface area contributed by atoms with E-state index in [1.165, 1.54) is 4.90 Å². The molecule has 6 heteroatoms. The summed E-state index contributed by atoms with van der Waals surface area (Å²) in [6.45, 7) is 0.168. The van der Waals surface area contributed by atoms with Crippen LogP contribution in [0.2, 0.25) is 0 Å². The van der Waals surface area contributed by atoms with Crippen LogP contribution < -0.4 is 5.32 Å². The molecule has 1 heterocycles. The van der Waals surface area contributed by atoms with Crippen LogP contribution in [0.15, 0.2) is 18.2 Å². The van der Waals surface area contributed by atoms with Crippen LogP contribution in [0.4, 0.5) is 0 Å². The predicted octanol–water partition coefficient (Wildman–Crippen LogP) is 1.54. The number of likely N-dealkylation sites (tertiary alicyclic amines) is 1. The highest BCUT2D eigenvalue weighted by Gasteiger charge is 2.47. The van der Waals surface area contributed by atoms with Crippen LogP contribution in [0.3, 0.4) is 0 Å². The van der Waals surface area contributed by atoms with Crippen LogP contribution in [-0.4, -0.2) is 40.3 Å². The van der Waals surface area contributed by atoms with E-state index < -0.39 is 0 Å². The van der Waals surface area contributed by atoms with Crippen molar-refractivity contribution in [3.05, 3.63) is 29.3 Å². The fourth-order valence-electron chi connectivity index (χ4n) is 4.70. The molecule has 0 radical (unpaired) electrons. The molecule has 26 heavy (non-hydrogen) atoms. The molecule has 1 saturated heterocycles. The third-order valence-corrected chi connectivity index (χ3v) is 6.03. The molecule has 4 rings (SSSR count). The molecule has 2 N–H and O–H groups in total. The number of fused-ring (bicyclic) bond motifs is 2. The number of benzene rings is 1. The number of imide groups is 1. The Labute approximate surface area is 152 Å². The Balaban J connectivity index is 1.30. The summed E-state index contributed by atoms with van der Waals surface area (Å²) < 4.78 is 0. The van der Waals surface area contributed by atoms with Gasteiger partial charge in [-0.25, -0.2) is 0 Å². The summed E-state index contributed by atoms with van der Waals surface area (Å²) in [5, 5.41) is 12.9. The largest absolute Gasteiger partial charge is 0.508 e. The second kappa shape index (κ2) is 6.74. The molecular formula is C20H24N2O4. The first-order valence-corrected chi connectivity index (χ1v) is 9.49. The first kappa shape index (κ1) is 17.1. The van der Waals surface area contributed by atoms with E-state index in [1.807, 2.05) is 12.1 Å². The molecule has 2 aliphatic carbocycles. The summed E-state index contributed by atoms with van der Waals surface area (Å²) in [4.78, 5) is 38.5. The van der Waals surface area contributed by atoms with Gasteiger partial charge in [-0.2, -0.15) is 0 Å². The van der Waals surface area contributed by atoms with Crippen LogP contribution >= 0.6 is 0 Å². The van der Waals surface area contributed by atoms with E-state index >= 15 is 0 Å². The topological polar surface area (TPSA) is 86.7 Å². The Kier molecular flexibility index (Phi) is 4.42. The zero-order valence-corrected chi connectivity index (χ0v) is 14.7. The van der Waals surface area contributed by atoms with Gasteiger partial charge < -0.3 is 10.4 Å². The van der Waals surface area contributed by atoms with Gasteiger partial charge in [-0.3, -0.25) is 19.3 Å². The van der Waals surface area contributed by atoms with E-state index in [1.54, 1.807) is 6.07 Å². The third-order valence-electron chi connectivity index (χ3n) is 6.03. The maximum atomic E-state index is 12.4. The number of hydrogen-bond donors (Lipinski definition) is 2. The van der Waals surface area contributed by atoms with Crippen molar-refractivity contribution in [2.24, 2.45) is 11.8 Å². The van der Waals surface area contributed by atoms with Gasteiger partial charge in [0.25, 0.3) is 0 Å². The molecule has 3 aliphatic rings. The highest BCUT2D eigenvalue weighted by atomic mass is 16.3. The van der Waals surface area contributed by atoms with E-state index in [0.717, 1.165) is 36.8 Å². The average molecular weight is 356 g/mol. The van der Waals surface area contributed by atoms with Gasteiger partial charge in [-0.1, -0.05) is 25.0 Å². The fourth-order valence-corrected chi connectivity index (χ4v) is 4.70. The third kappa shape index (κ3) is 2.97. The summed E-state index contributed by atoms with van der Waals surface area (Å²) in [6.07, 6.45) is 5.03. The number of nitrogens with one attached hydrogen (secondary N) is 1. The first-order chi connectivity index (χ1) is 12.5. The molecule has 0 bridgehead atoms. The second-order valence-corrected chi connectivity index (χ2v) is 7.66. The Morgan fingerprint density at radius 1 is 1.12 bits per heavy atom. The standard InChI is InChI=1S/C20H24N2O4/c23-17-7-3-4-12-10-13(11-16(12)17)21-18(24)8-9-22-19(25)14-5-1-2-6-15(14)20(22)26/h3-4,7,13-15,23H,1-2,5-6,8-11H2,(H,21,24)/t13-,14-,15-/m1/s1. The number of hydrogen-bond acceptors (Lipinski definition) is 4. The van der Waals surface area contributed by atoms with E-state index in [0.29, 0.717) is 12.8 Å². The highest BCUT2D eigenvalue weighted by molar-refractivity contribution is 6.05. The van der Waals surface area contributed by atoms with Crippen molar-refractivity contribution in [3.8, 4) is 5.75 Å². The van der Waals surface area contributed by atoms with Crippen LogP contribution in [0.1, 0.15) is 43.2 Å². The minimum atomic E-state index is -0.161. The monoisotopic (exact) mass is 356 g/mol. The summed E-state index contributed by atoms with van der Waals surface area (Å²) in [7, 11) is 0. The SMILES string of the molecule is O=C(CCN1C(=O)[C@@H]2CCCC[C@H]2C1=O)N[C@@H]1Cc2cccc(O)c2C1. The van der Waals surface area contributed by atoms with E-state index in [4.69, 9.17) is 0 Å². The number of nitrogens with zero attached hydrogens (tertiary/aromatic N) is 1. The normalized spacial score (nSPS) is 27.4. The van der Waals surface area contributed by atoms with Gasteiger partial charge in [0.1, 0.15) is 5.75 Å². The Hall–Kier alpha value is -2.37. The van der Waals surface area contributed by atoms with Crippen LogP contribution in [-0.2, 0) is 27.2 Å². The van der Waals surface area contributed by atoms with Crippen LogP contribution in [0.5, 0.6) is 5.75 Å². The quantitative estimate of drug-likeness (QED) is 0.801. The van der Waals surface area contributed by atoms with Crippen molar-refractivity contribution in [2.45, 2.75) is 51.0 Å². The molecule has 138 valence electrons. The summed E-state index contributed by atoms with van der Waals surface area (Å²) >= 11 is 0. The molecule has 1 aliphatic heterocycles. The number of carbonyl (C=O) groups is 3. The number of rotatable bonds is 4. The predicted molar refractivity (Wildman–Crippen MR) is 94.2 cm³/mol. The number of amides is 3. The summed E-state index contributed by atoms with van der Waals surface area (Å²) in [6, 6.07) is 5.39. The van der Waals surface area contributed by atoms with Crippen molar-refractivity contribution in [2.75, 3.05) is 6.54 Å². The highest BCUT2D eigenvalue weighted by Crippen LogP contribution is 2.38. The summed E-state index contributed by atoms with van der Waals surface area (Å²) in [5.41, 5.74) is 1.95. The van der Waals surface area contributed by atoms with E-state index in [2.05, 4.69) is 5.32 Å². The molecular weight excluding hydrogens is 332 g/mol. The van der Waals surface area contributed by atoms with Crippen LogP contribution in [0.25, 0.3) is 0 Å². The lowest BCUT2D eigenvalue weighted by molar-refractivity contribution is -0.140. The van der Waals surface area contributed by atoms with E-state index in [-0.39, 0.29) is 54.3 Å². The lowest BCUT2D eigenvalue weighted by Gasteiger charge is -2.19. The Morgan fingerprint density at radius 3 is 2.46 bits per heavy atom. The minimum Gasteiger partial charge on any atom is -0.508 e. The average Bonchev–Trinajstić information content (AvgIpc) is 3.14. The van der Waals surface area contributed by atoms with Gasteiger partial charge in [0, 0.05) is 19.0 Å². The van der Waals surface area contributed by atoms with Crippen LogP contribution in [0, 0.1) is 11.8 Å². The van der Waals surface area contributed by atoms with Gasteiger partial charge >= 0.3 is 0 Å². The smallest absolute Gasteiger partial charge is 0.233 e. The van der Waals surface area contributed by atoms with Crippen molar-refractivity contribution >= 4 is 17.7 Å². The maximum absolute atomic E-state index is 12.4. The lowest BCUT2D eigenvalue weighted by Crippen LogP contribution is -2.39. The molecule has 0 aromatic heterocycles. The molecule has 0 unspecified atom stereocenters. The number of aromatic hydroxyl groups is 1. The second-order valence-electron chi connectivity index (χ2n) is 7.66. The van der Waals surface area contributed by atoms with Crippen molar-refractivity contribution in [1.82, 2.24) is 10.2 Å². The Bertz CT molecular complexity index is 736. The first-order valence-electron chi connectivity index (χ1n) is 9.49. The van der Waals surface area contributed by atoms with Gasteiger partial charge in [0.05, 0.1) is 11.8 Å². The Morgan fingerprint density at radius 2 is 1.81 bits per heavy atom. The molecule has 6 nitrogen and oxygen atoms in total. The van der Waals surface area contributed by atoms with Gasteiger partial charge in [-0.15, -0.1) is 0 Å². The molecule has 3 amide bonds. The van der Waals surface area contributed by atoms with Crippen molar-refractivity contribution in [3.63, 3.8) is 0 Å². The number of carbonyl (C=O) groups excluding carboxylic acids is 3. The molecule has 3 atom stereocenters. The lowest BCUT2D eigenvalue weighted by atomic mass is 9.81. The maximum Gasteiger partial charge on any atom is 0.233 e. The number of phenols is 1. The molecule has 2 fully saturated rings. The van der Waals surface area contributed by atoms with Crippen molar-refractivity contribution < 1.29 is 19.5 Å².